The van der Waals surface area contributed by atoms with Crippen molar-refractivity contribution in [2.45, 2.75) is 37.4 Å². The maximum atomic E-state index is 14.7. The summed E-state index contributed by atoms with van der Waals surface area (Å²) in [5, 5.41) is 5.50. The number of nitrogens with one attached hydrogen (secondary N) is 2. The molecule has 1 aromatic rings. The lowest BCUT2D eigenvalue weighted by Crippen LogP contribution is -2.67. The number of rotatable bonds is 2. The van der Waals surface area contributed by atoms with Gasteiger partial charge >= 0.3 is 0 Å². The number of hydrogen-bond acceptors (Lipinski definition) is 6. The second kappa shape index (κ2) is 5.59. The number of benzene rings is 1. The normalized spacial score (nSPS) is 29.6. The van der Waals surface area contributed by atoms with Gasteiger partial charge in [-0.05, 0) is 25.0 Å². The van der Waals surface area contributed by atoms with E-state index in [1.165, 1.54) is 6.07 Å². The van der Waals surface area contributed by atoms with Gasteiger partial charge in [-0.25, -0.2) is 4.39 Å². The Kier molecular flexibility index (Phi) is 3.39. The Morgan fingerprint density at radius 1 is 1.00 bits per heavy atom. The third kappa shape index (κ3) is 2.38. The van der Waals surface area contributed by atoms with Crippen molar-refractivity contribution in [3.63, 3.8) is 0 Å². The standard InChI is InChI=1S/C18H17FN4O4/c19-12-4-10-11(5-14(12)22-6-8-3-9(7-22)20-8)18(27)23(17(10)26)13-1-2-15(24)21-16(13)25/h4-5,8-9,13,20H,1-3,6-7H2,(H,21,24,25). The number of piperazine rings is 1. The largest absolute Gasteiger partial charge is 0.366 e. The summed E-state index contributed by atoms with van der Waals surface area (Å²) >= 11 is 0. The number of amides is 4. The number of hydrogen-bond donors (Lipinski definition) is 2. The Hall–Kier alpha value is -2.81. The van der Waals surface area contributed by atoms with Gasteiger partial charge < -0.3 is 10.2 Å². The molecule has 0 aromatic heterocycles. The minimum absolute atomic E-state index is 0.0359. The second-order valence-corrected chi connectivity index (χ2v) is 7.50. The van der Waals surface area contributed by atoms with Crippen LogP contribution in [0, 0.1) is 5.82 Å². The summed E-state index contributed by atoms with van der Waals surface area (Å²) < 4.78 is 14.7. The zero-order valence-corrected chi connectivity index (χ0v) is 14.3. The molecule has 0 radical (unpaired) electrons. The fraction of sp³-hybridized carbons (Fsp3) is 0.444. The smallest absolute Gasteiger partial charge is 0.262 e. The van der Waals surface area contributed by atoms with Gasteiger partial charge in [0.15, 0.2) is 0 Å². The predicted molar refractivity (Wildman–Crippen MR) is 90.6 cm³/mol. The summed E-state index contributed by atoms with van der Waals surface area (Å²) in [6.45, 7) is 1.29. The van der Waals surface area contributed by atoms with E-state index in [1.807, 2.05) is 4.90 Å². The molecule has 2 N–H and O–H groups in total. The molecule has 0 spiro atoms. The van der Waals surface area contributed by atoms with Gasteiger partial charge in [0.25, 0.3) is 11.8 Å². The monoisotopic (exact) mass is 372 g/mol. The van der Waals surface area contributed by atoms with Crippen LogP contribution < -0.4 is 15.5 Å². The van der Waals surface area contributed by atoms with Crippen molar-refractivity contribution in [2.24, 2.45) is 0 Å². The molecular weight excluding hydrogens is 355 g/mol. The maximum absolute atomic E-state index is 14.7. The predicted octanol–water partition coefficient (Wildman–Crippen LogP) is -0.223. The van der Waals surface area contributed by atoms with Gasteiger partial charge in [-0.2, -0.15) is 0 Å². The van der Waals surface area contributed by atoms with E-state index in [0.29, 0.717) is 30.9 Å². The Balaban J connectivity index is 1.47. The molecule has 3 atom stereocenters. The van der Waals surface area contributed by atoms with Gasteiger partial charge in [0.2, 0.25) is 11.8 Å². The average molecular weight is 372 g/mol. The number of anilines is 1. The summed E-state index contributed by atoms with van der Waals surface area (Å²) in [7, 11) is 0. The highest BCUT2D eigenvalue weighted by Crippen LogP contribution is 2.34. The van der Waals surface area contributed by atoms with Crippen molar-refractivity contribution >= 4 is 29.3 Å². The first kappa shape index (κ1) is 16.4. The van der Waals surface area contributed by atoms with E-state index in [-0.39, 0.29) is 24.0 Å². The van der Waals surface area contributed by atoms with Crippen LogP contribution in [-0.2, 0) is 9.59 Å². The molecule has 4 fully saturated rings. The van der Waals surface area contributed by atoms with Crippen molar-refractivity contribution < 1.29 is 23.6 Å². The highest BCUT2D eigenvalue weighted by atomic mass is 19.1. The van der Waals surface area contributed by atoms with Crippen LogP contribution in [0.25, 0.3) is 0 Å². The van der Waals surface area contributed by atoms with Crippen LogP contribution in [0.4, 0.5) is 10.1 Å². The minimum Gasteiger partial charge on any atom is -0.366 e. The number of nitrogens with zero attached hydrogens (tertiary/aromatic N) is 2. The van der Waals surface area contributed by atoms with E-state index in [4.69, 9.17) is 0 Å². The molecule has 140 valence electrons. The molecule has 9 heteroatoms. The number of carbonyl (C=O) groups is 4. The SMILES string of the molecule is O=C1CCC(N2C(=O)c3cc(F)c(N4CC5CC(C4)N5)cc3C2=O)C(=O)N1. The van der Waals surface area contributed by atoms with E-state index in [2.05, 4.69) is 10.6 Å². The molecule has 0 saturated carbocycles. The molecule has 3 unspecified atom stereocenters. The lowest BCUT2D eigenvalue weighted by molar-refractivity contribution is -0.136. The van der Waals surface area contributed by atoms with Gasteiger partial charge in [-0.15, -0.1) is 0 Å². The van der Waals surface area contributed by atoms with Crippen LogP contribution >= 0.6 is 0 Å². The summed E-state index contributed by atoms with van der Waals surface area (Å²) in [5.41, 5.74) is 0.371. The third-order valence-corrected chi connectivity index (χ3v) is 5.77. The Bertz CT molecular complexity index is 901. The highest BCUT2D eigenvalue weighted by molar-refractivity contribution is 6.23. The topological polar surface area (TPSA) is 98.8 Å². The average Bonchev–Trinajstić information content (AvgIpc) is 2.85. The Morgan fingerprint density at radius 2 is 1.63 bits per heavy atom. The van der Waals surface area contributed by atoms with Gasteiger partial charge in [-0.3, -0.25) is 29.4 Å². The van der Waals surface area contributed by atoms with Crippen LogP contribution in [0.1, 0.15) is 40.0 Å². The van der Waals surface area contributed by atoms with E-state index in [1.54, 1.807) is 0 Å². The summed E-state index contributed by atoms with van der Waals surface area (Å²) in [4.78, 5) is 51.7. The lowest BCUT2D eigenvalue weighted by atomic mass is 9.90. The number of piperidine rings is 2. The van der Waals surface area contributed by atoms with Crippen LogP contribution in [0.2, 0.25) is 0 Å². The first-order valence-electron chi connectivity index (χ1n) is 8.98. The Morgan fingerprint density at radius 3 is 2.26 bits per heavy atom. The van der Waals surface area contributed by atoms with Crippen molar-refractivity contribution in [1.82, 2.24) is 15.5 Å². The van der Waals surface area contributed by atoms with Crippen LogP contribution in [0.5, 0.6) is 0 Å². The zero-order valence-electron chi connectivity index (χ0n) is 14.3. The van der Waals surface area contributed by atoms with Crippen LogP contribution in [0.15, 0.2) is 12.1 Å². The number of fused-ring (bicyclic) bond motifs is 3. The molecule has 6 rings (SSSR count). The first-order chi connectivity index (χ1) is 12.9. The number of imide groups is 2. The summed E-state index contributed by atoms with van der Waals surface area (Å²) in [5.74, 6) is -2.98. The molecule has 5 aliphatic rings. The highest BCUT2D eigenvalue weighted by Gasteiger charge is 2.46. The van der Waals surface area contributed by atoms with E-state index in [9.17, 15) is 23.6 Å². The van der Waals surface area contributed by atoms with Gasteiger partial charge in [0.05, 0.1) is 16.8 Å². The molecule has 4 amide bonds. The van der Waals surface area contributed by atoms with Crippen molar-refractivity contribution in [2.75, 3.05) is 18.0 Å². The second-order valence-electron chi connectivity index (χ2n) is 7.50. The van der Waals surface area contributed by atoms with Gasteiger partial charge in [-0.1, -0.05) is 0 Å². The quantitative estimate of drug-likeness (QED) is 0.697. The van der Waals surface area contributed by atoms with Crippen LogP contribution in [-0.4, -0.2) is 59.7 Å². The van der Waals surface area contributed by atoms with Crippen molar-refractivity contribution in [3.05, 3.63) is 29.1 Å². The molecule has 5 heterocycles. The summed E-state index contributed by atoms with van der Waals surface area (Å²) in [6, 6.07) is 2.09. The first-order valence-corrected chi connectivity index (χ1v) is 8.98. The van der Waals surface area contributed by atoms with E-state index in [0.717, 1.165) is 17.4 Å². The third-order valence-electron chi connectivity index (χ3n) is 5.77. The molecule has 5 aliphatic heterocycles. The van der Waals surface area contributed by atoms with Gasteiger partial charge in [0, 0.05) is 31.6 Å². The maximum Gasteiger partial charge on any atom is 0.262 e. The molecule has 4 saturated heterocycles. The van der Waals surface area contributed by atoms with Crippen LogP contribution in [0.3, 0.4) is 0 Å². The van der Waals surface area contributed by atoms with Crippen molar-refractivity contribution in [1.29, 1.82) is 0 Å². The Labute approximate surface area is 153 Å². The summed E-state index contributed by atoms with van der Waals surface area (Å²) in [6.07, 6.45) is 1.18. The van der Waals surface area contributed by atoms with E-state index >= 15 is 0 Å². The fourth-order valence-corrected chi connectivity index (χ4v) is 4.43. The molecule has 1 aromatic carbocycles. The van der Waals surface area contributed by atoms with Gasteiger partial charge in [0.1, 0.15) is 11.9 Å². The number of halogens is 1. The minimum atomic E-state index is -1.05. The van der Waals surface area contributed by atoms with E-state index < -0.39 is 35.5 Å². The molecule has 8 nitrogen and oxygen atoms in total. The number of carbonyl (C=O) groups excluding carboxylic acids is 4. The lowest BCUT2D eigenvalue weighted by Gasteiger charge is -2.49. The molecular formula is C18H17FN4O4. The zero-order chi connectivity index (χ0) is 18.9. The molecule has 27 heavy (non-hydrogen) atoms. The van der Waals surface area contributed by atoms with Crippen molar-refractivity contribution in [3.8, 4) is 0 Å². The molecule has 0 aliphatic carbocycles. The molecule has 2 bridgehead atoms. The fourth-order valence-electron chi connectivity index (χ4n) is 4.43.